The predicted octanol–water partition coefficient (Wildman–Crippen LogP) is 3.42. The molecule has 2 amide bonds. The van der Waals surface area contributed by atoms with E-state index in [0.29, 0.717) is 23.5 Å². The largest absolute Gasteiger partial charge is 0.326 e. The van der Waals surface area contributed by atoms with E-state index in [1.165, 1.54) is 0 Å². The molecule has 5 nitrogen and oxygen atoms in total. The first-order chi connectivity index (χ1) is 11.2. The molecule has 0 aliphatic heterocycles. The van der Waals surface area contributed by atoms with Crippen molar-refractivity contribution in [2.45, 2.75) is 13.3 Å². The number of pyridine rings is 1. The molecule has 1 aromatic carbocycles. The summed E-state index contributed by atoms with van der Waals surface area (Å²) in [6, 6.07) is 12.2. The zero-order valence-electron chi connectivity index (χ0n) is 12.9. The average Bonchev–Trinajstić information content (AvgIpc) is 2.56. The van der Waals surface area contributed by atoms with Crippen molar-refractivity contribution in [3.8, 4) is 0 Å². The normalized spacial score (nSPS) is 10.1. The number of nitrogens with zero attached hydrogens (tertiary/aromatic N) is 1. The molecule has 0 radical (unpaired) electrons. The molecule has 0 fully saturated rings. The summed E-state index contributed by atoms with van der Waals surface area (Å²) < 4.78 is 0. The molecule has 1 heterocycles. The first kappa shape index (κ1) is 17.0. The van der Waals surface area contributed by atoms with Gasteiger partial charge in [0.05, 0.1) is 0 Å². The van der Waals surface area contributed by atoms with Crippen molar-refractivity contribution in [1.82, 2.24) is 4.98 Å². The van der Waals surface area contributed by atoms with E-state index in [0.717, 1.165) is 11.5 Å². The number of rotatable bonds is 7. The molecule has 6 heteroatoms. The fraction of sp³-hybridized carbons (Fsp3) is 0.235. The Balaban J connectivity index is 1.96. The summed E-state index contributed by atoms with van der Waals surface area (Å²) in [7, 11) is 0. The first-order valence-electron chi connectivity index (χ1n) is 7.39. The summed E-state index contributed by atoms with van der Waals surface area (Å²) in [6.07, 6.45) is 2.07. The molecule has 0 saturated heterocycles. The number of hydrogen-bond acceptors (Lipinski definition) is 4. The number of carbonyl (C=O) groups excluding carboxylic acids is 2. The topological polar surface area (TPSA) is 71.1 Å². The SMILES string of the molecule is CCSCCC(=O)Nc1cccc(C(=O)Nc2ccccn2)c1. The third kappa shape index (κ3) is 5.75. The Morgan fingerprint density at radius 3 is 2.74 bits per heavy atom. The lowest BCUT2D eigenvalue weighted by Gasteiger charge is -2.08. The molecule has 0 aliphatic rings. The molecule has 0 aliphatic carbocycles. The van der Waals surface area contributed by atoms with Gasteiger partial charge in [0.2, 0.25) is 5.91 Å². The molecule has 0 atom stereocenters. The highest BCUT2D eigenvalue weighted by molar-refractivity contribution is 7.99. The highest BCUT2D eigenvalue weighted by atomic mass is 32.2. The monoisotopic (exact) mass is 329 g/mol. The van der Waals surface area contributed by atoms with Crippen molar-refractivity contribution in [3.05, 3.63) is 54.2 Å². The third-order valence-corrected chi connectivity index (χ3v) is 3.89. The van der Waals surface area contributed by atoms with Crippen LogP contribution in [0.2, 0.25) is 0 Å². The van der Waals surface area contributed by atoms with E-state index in [4.69, 9.17) is 0 Å². The summed E-state index contributed by atoms with van der Waals surface area (Å²) in [5.74, 6) is 1.97. The molecule has 2 aromatic rings. The van der Waals surface area contributed by atoms with E-state index in [2.05, 4.69) is 22.5 Å². The van der Waals surface area contributed by atoms with Crippen LogP contribution in [0.15, 0.2) is 48.7 Å². The van der Waals surface area contributed by atoms with Crippen molar-refractivity contribution in [2.75, 3.05) is 22.1 Å². The van der Waals surface area contributed by atoms with Crippen LogP contribution in [-0.4, -0.2) is 28.3 Å². The van der Waals surface area contributed by atoms with Crippen LogP contribution in [0, 0.1) is 0 Å². The van der Waals surface area contributed by atoms with Crippen molar-refractivity contribution >= 4 is 35.1 Å². The van der Waals surface area contributed by atoms with Crippen LogP contribution in [0.5, 0.6) is 0 Å². The van der Waals surface area contributed by atoms with E-state index < -0.39 is 0 Å². The molecule has 23 heavy (non-hydrogen) atoms. The summed E-state index contributed by atoms with van der Waals surface area (Å²) in [5, 5.41) is 5.53. The minimum atomic E-state index is -0.263. The lowest BCUT2D eigenvalue weighted by Crippen LogP contribution is -2.15. The molecule has 2 N–H and O–H groups in total. The number of benzene rings is 1. The van der Waals surface area contributed by atoms with Gasteiger partial charge < -0.3 is 10.6 Å². The highest BCUT2D eigenvalue weighted by Gasteiger charge is 2.08. The second-order valence-corrected chi connectivity index (χ2v) is 6.14. The average molecular weight is 329 g/mol. The predicted molar refractivity (Wildman–Crippen MR) is 94.9 cm³/mol. The van der Waals surface area contributed by atoms with Crippen molar-refractivity contribution in [1.29, 1.82) is 0 Å². The molecule has 0 bridgehead atoms. The molecule has 0 spiro atoms. The van der Waals surface area contributed by atoms with Gasteiger partial charge in [-0.15, -0.1) is 0 Å². The van der Waals surface area contributed by atoms with Crippen molar-refractivity contribution < 1.29 is 9.59 Å². The van der Waals surface area contributed by atoms with E-state index in [9.17, 15) is 9.59 Å². The van der Waals surface area contributed by atoms with Crippen molar-refractivity contribution in [3.63, 3.8) is 0 Å². The van der Waals surface area contributed by atoms with Gasteiger partial charge in [0.25, 0.3) is 5.91 Å². The maximum Gasteiger partial charge on any atom is 0.256 e. The Morgan fingerprint density at radius 2 is 2.00 bits per heavy atom. The van der Waals surface area contributed by atoms with E-state index >= 15 is 0 Å². The molecular weight excluding hydrogens is 310 g/mol. The second-order valence-electron chi connectivity index (χ2n) is 4.75. The van der Waals surface area contributed by atoms with Crippen LogP contribution in [0.4, 0.5) is 11.5 Å². The second kappa shape index (κ2) is 8.95. The molecule has 120 valence electrons. The van der Waals surface area contributed by atoms with E-state index in [-0.39, 0.29) is 11.8 Å². The van der Waals surface area contributed by atoms with E-state index in [1.54, 1.807) is 60.4 Å². The van der Waals surface area contributed by atoms with Gasteiger partial charge in [-0.3, -0.25) is 9.59 Å². The van der Waals surface area contributed by atoms with Gasteiger partial charge in [-0.2, -0.15) is 11.8 Å². The summed E-state index contributed by atoms with van der Waals surface area (Å²) in [6.45, 7) is 2.06. The molecule has 0 unspecified atom stereocenters. The number of anilines is 2. The smallest absolute Gasteiger partial charge is 0.256 e. The molecule has 2 rings (SSSR count). The Labute approximate surface area is 139 Å². The van der Waals surface area contributed by atoms with Gasteiger partial charge in [-0.1, -0.05) is 19.1 Å². The van der Waals surface area contributed by atoms with Gasteiger partial charge in [0.15, 0.2) is 0 Å². The molecule has 0 saturated carbocycles. The lowest BCUT2D eigenvalue weighted by molar-refractivity contribution is -0.115. The number of hydrogen-bond donors (Lipinski definition) is 2. The minimum absolute atomic E-state index is 0.0479. The third-order valence-electron chi connectivity index (χ3n) is 2.99. The van der Waals surface area contributed by atoms with Crippen LogP contribution < -0.4 is 10.6 Å². The first-order valence-corrected chi connectivity index (χ1v) is 8.54. The fourth-order valence-corrected chi connectivity index (χ4v) is 2.51. The molecular formula is C17H19N3O2S. The standard InChI is InChI=1S/C17H19N3O2S/c1-2-23-11-9-16(21)19-14-7-5-6-13(12-14)17(22)20-15-8-3-4-10-18-15/h3-8,10,12H,2,9,11H2,1H3,(H,19,21)(H,18,20,22). The number of nitrogens with one attached hydrogen (secondary N) is 2. The minimum Gasteiger partial charge on any atom is -0.326 e. The van der Waals surface area contributed by atoms with Crippen LogP contribution in [0.1, 0.15) is 23.7 Å². The van der Waals surface area contributed by atoms with Crippen LogP contribution in [-0.2, 0) is 4.79 Å². The number of amides is 2. The van der Waals surface area contributed by atoms with Crippen LogP contribution in [0.3, 0.4) is 0 Å². The summed E-state index contributed by atoms with van der Waals surface area (Å²) in [4.78, 5) is 28.1. The molecule has 1 aromatic heterocycles. The van der Waals surface area contributed by atoms with Crippen molar-refractivity contribution in [2.24, 2.45) is 0 Å². The van der Waals surface area contributed by atoms with Gasteiger partial charge in [-0.05, 0) is 36.1 Å². The summed E-state index contributed by atoms with van der Waals surface area (Å²) in [5.41, 5.74) is 1.08. The Bertz CT molecular complexity index is 662. The Kier molecular flexibility index (Phi) is 6.62. The Hall–Kier alpha value is -2.34. The Morgan fingerprint density at radius 1 is 1.13 bits per heavy atom. The quantitative estimate of drug-likeness (QED) is 0.764. The fourth-order valence-electron chi connectivity index (χ4n) is 1.90. The maximum absolute atomic E-state index is 12.2. The van der Waals surface area contributed by atoms with Crippen LogP contribution >= 0.6 is 11.8 Å². The van der Waals surface area contributed by atoms with E-state index in [1.807, 2.05) is 0 Å². The highest BCUT2D eigenvalue weighted by Crippen LogP contribution is 2.13. The van der Waals surface area contributed by atoms with Gasteiger partial charge >= 0.3 is 0 Å². The zero-order chi connectivity index (χ0) is 16.5. The van der Waals surface area contributed by atoms with Gasteiger partial charge in [-0.25, -0.2) is 4.98 Å². The lowest BCUT2D eigenvalue weighted by atomic mass is 10.2. The van der Waals surface area contributed by atoms with Gasteiger partial charge in [0.1, 0.15) is 5.82 Å². The number of thioether (sulfide) groups is 1. The van der Waals surface area contributed by atoms with Crippen LogP contribution in [0.25, 0.3) is 0 Å². The maximum atomic E-state index is 12.2. The number of aromatic nitrogens is 1. The number of carbonyl (C=O) groups is 2. The van der Waals surface area contributed by atoms with Gasteiger partial charge in [0, 0.05) is 29.6 Å². The summed E-state index contributed by atoms with van der Waals surface area (Å²) >= 11 is 1.72. The zero-order valence-corrected chi connectivity index (χ0v) is 13.7.